The molecule has 6 nitrogen and oxygen atoms in total. The molecular formula is C18H30N2O4. The summed E-state index contributed by atoms with van der Waals surface area (Å²) < 4.78 is 4.80. The number of carbonyl (C=O) groups excluding carboxylic acids is 3. The van der Waals surface area contributed by atoms with Gasteiger partial charge in [-0.05, 0) is 25.2 Å². The Labute approximate surface area is 144 Å². The lowest BCUT2D eigenvalue weighted by atomic mass is 9.83. The normalized spacial score (nSPS) is 24.1. The van der Waals surface area contributed by atoms with Crippen LogP contribution in [0.25, 0.3) is 0 Å². The topological polar surface area (TPSA) is 84.5 Å². The van der Waals surface area contributed by atoms with E-state index in [1.165, 1.54) is 39.2 Å². The zero-order chi connectivity index (χ0) is 17.5. The quantitative estimate of drug-likeness (QED) is 0.693. The number of esters is 1. The first-order valence-electron chi connectivity index (χ1n) is 9.17. The molecule has 24 heavy (non-hydrogen) atoms. The third-order valence-electron chi connectivity index (χ3n) is 5.34. The van der Waals surface area contributed by atoms with Crippen LogP contribution in [0, 0.1) is 17.8 Å². The standard InChI is InChI=1S/C18H30N2O4/c1-12(10-13-6-4-3-5-7-13)16(21)20-15(18(23)24-2)11-14-8-9-19-17(14)22/h12-15H,3-11H2,1-2H3,(H,19,22)(H,20,21)/t12-,14-,15-/m0/s1. The zero-order valence-electron chi connectivity index (χ0n) is 14.8. The van der Waals surface area contributed by atoms with E-state index >= 15 is 0 Å². The molecule has 0 radical (unpaired) electrons. The Morgan fingerprint density at radius 1 is 1.21 bits per heavy atom. The van der Waals surface area contributed by atoms with Crippen molar-refractivity contribution in [1.29, 1.82) is 0 Å². The number of carbonyl (C=O) groups is 3. The van der Waals surface area contributed by atoms with E-state index in [0.29, 0.717) is 25.3 Å². The van der Waals surface area contributed by atoms with Gasteiger partial charge < -0.3 is 15.4 Å². The van der Waals surface area contributed by atoms with E-state index in [4.69, 9.17) is 4.74 Å². The molecule has 0 spiro atoms. The van der Waals surface area contributed by atoms with Crippen molar-refractivity contribution in [3.63, 3.8) is 0 Å². The highest BCUT2D eigenvalue weighted by atomic mass is 16.5. The lowest BCUT2D eigenvalue weighted by molar-refractivity contribution is -0.146. The van der Waals surface area contributed by atoms with Gasteiger partial charge in [0.15, 0.2) is 0 Å². The number of rotatable bonds is 7. The van der Waals surface area contributed by atoms with Crippen molar-refractivity contribution in [2.75, 3.05) is 13.7 Å². The summed E-state index contributed by atoms with van der Waals surface area (Å²) >= 11 is 0. The lowest BCUT2D eigenvalue weighted by Gasteiger charge is -2.25. The molecule has 136 valence electrons. The number of nitrogens with one attached hydrogen (secondary N) is 2. The van der Waals surface area contributed by atoms with E-state index in [1.54, 1.807) is 0 Å². The van der Waals surface area contributed by atoms with E-state index < -0.39 is 12.0 Å². The molecule has 3 atom stereocenters. The molecule has 2 N–H and O–H groups in total. The fraction of sp³-hybridized carbons (Fsp3) is 0.833. The van der Waals surface area contributed by atoms with Gasteiger partial charge in [-0.2, -0.15) is 0 Å². The van der Waals surface area contributed by atoms with Crippen LogP contribution in [-0.2, 0) is 19.1 Å². The molecule has 6 heteroatoms. The summed E-state index contributed by atoms with van der Waals surface area (Å²) in [7, 11) is 1.31. The lowest BCUT2D eigenvalue weighted by Crippen LogP contribution is -2.45. The van der Waals surface area contributed by atoms with Gasteiger partial charge >= 0.3 is 5.97 Å². The highest BCUT2D eigenvalue weighted by molar-refractivity contribution is 5.87. The minimum absolute atomic E-state index is 0.0478. The van der Waals surface area contributed by atoms with E-state index in [1.807, 2.05) is 6.92 Å². The van der Waals surface area contributed by atoms with Crippen LogP contribution in [0.2, 0.25) is 0 Å². The van der Waals surface area contributed by atoms with Gasteiger partial charge in [-0.15, -0.1) is 0 Å². The van der Waals surface area contributed by atoms with Crippen LogP contribution in [-0.4, -0.2) is 37.5 Å². The van der Waals surface area contributed by atoms with Crippen molar-refractivity contribution in [2.24, 2.45) is 17.8 Å². The largest absolute Gasteiger partial charge is 0.467 e. The monoisotopic (exact) mass is 338 g/mol. The van der Waals surface area contributed by atoms with Crippen LogP contribution in [0.1, 0.15) is 58.3 Å². The second-order valence-electron chi connectivity index (χ2n) is 7.24. The summed E-state index contributed by atoms with van der Waals surface area (Å²) in [5.41, 5.74) is 0. The van der Waals surface area contributed by atoms with Crippen molar-refractivity contribution < 1.29 is 19.1 Å². The third kappa shape index (κ3) is 5.21. The van der Waals surface area contributed by atoms with E-state index in [0.717, 1.165) is 6.42 Å². The third-order valence-corrected chi connectivity index (χ3v) is 5.34. The summed E-state index contributed by atoms with van der Waals surface area (Å²) in [6.07, 6.45) is 8.05. The van der Waals surface area contributed by atoms with Crippen molar-refractivity contribution in [1.82, 2.24) is 10.6 Å². The van der Waals surface area contributed by atoms with Crippen molar-refractivity contribution >= 4 is 17.8 Å². The predicted molar refractivity (Wildman–Crippen MR) is 90.0 cm³/mol. The van der Waals surface area contributed by atoms with E-state index in [9.17, 15) is 14.4 Å². The Morgan fingerprint density at radius 3 is 2.50 bits per heavy atom. The summed E-state index contributed by atoms with van der Waals surface area (Å²) in [6.45, 7) is 2.55. The Morgan fingerprint density at radius 2 is 1.92 bits per heavy atom. The number of hydrogen-bond acceptors (Lipinski definition) is 4. The average Bonchev–Trinajstić information content (AvgIpc) is 2.99. The van der Waals surface area contributed by atoms with Gasteiger partial charge in [-0.3, -0.25) is 9.59 Å². The van der Waals surface area contributed by atoms with Crippen molar-refractivity contribution in [2.45, 2.75) is 64.3 Å². The number of amides is 2. The van der Waals surface area contributed by atoms with Crippen molar-refractivity contribution in [3.8, 4) is 0 Å². The van der Waals surface area contributed by atoms with Crippen molar-refractivity contribution in [3.05, 3.63) is 0 Å². The average molecular weight is 338 g/mol. The van der Waals surface area contributed by atoms with Gasteiger partial charge in [-0.1, -0.05) is 39.0 Å². The fourth-order valence-corrected chi connectivity index (χ4v) is 3.85. The fourth-order valence-electron chi connectivity index (χ4n) is 3.85. The first kappa shape index (κ1) is 18.7. The maximum absolute atomic E-state index is 12.5. The van der Waals surface area contributed by atoms with Crippen LogP contribution in [0.5, 0.6) is 0 Å². The van der Waals surface area contributed by atoms with Gasteiger partial charge in [0, 0.05) is 18.4 Å². The molecule has 2 fully saturated rings. The smallest absolute Gasteiger partial charge is 0.328 e. The Hall–Kier alpha value is -1.59. The molecule has 2 aliphatic rings. The molecule has 1 aliphatic heterocycles. The second-order valence-corrected chi connectivity index (χ2v) is 7.24. The van der Waals surface area contributed by atoms with Gasteiger partial charge in [0.1, 0.15) is 6.04 Å². The van der Waals surface area contributed by atoms with E-state index in [-0.39, 0.29) is 23.7 Å². The number of methoxy groups -OCH3 is 1. The first-order valence-corrected chi connectivity index (χ1v) is 9.17. The highest BCUT2D eigenvalue weighted by Gasteiger charge is 2.33. The van der Waals surface area contributed by atoms with Crippen LogP contribution < -0.4 is 10.6 Å². The minimum atomic E-state index is -0.745. The molecule has 0 aromatic heterocycles. The van der Waals surface area contributed by atoms with E-state index in [2.05, 4.69) is 10.6 Å². The molecular weight excluding hydrogens is 308 g/mol. The van der Waals surface area contributed by atoms with Crippen LogP contribution in [0.3, 0.4) is 0 Å². The SMILES string of the molecule is COC(=O)[C@H](C[C@@H]1CCNC1=O)NC(=O)[C@@H](C)CC1CCCCC1. The highest BCUT2D eigenvalue weighted by Crippen LogP contribution is 2.29. The molecule has 1 heterocycles. The molecule has 0 aromatic carbocycles. The van der Waals surface area contributed by atoms with Gasteiger partial charge in [0.05, 0.1) is 7.11 Å². The van der Waals surface area contributed by atoms with Gasteiger partial charge in [-0.25, -0.2) is 4.79 Å². The summed E-state index contributed by atoms with van der Waals surface area (Å²) in [4.78, 5) is 36.2. The second kappa shape index (κ2) is 9.04. The molecule has 1 aliphatic carbocycles. The van der Waals surface area contributed by atoms with Crippen LogP contribution in [0.15, 0.2) is 0 Å². The summed E-state index contributed by atoms with van der Waals surface area (Å²) in [5.74, 6) is -0.395. The maximum Gasteiger partial charge on any atom is 0.328 e. The van der Waals surface area contributed by atoms with Gasteiger partial charge in [0.25, 0.3) is 0 Å². The molecule has 0 bridgehead atoms. The zero-order valence-corrected chi connectivity index (χ0v) is 14.8. The maximum atomic E-state index is 12.5. The molecule has 0 aromatic rings. The first-order chi connectivity index (χ1) is 11.5. The molecule has 1 saturated carbocycles. The van der Waals surface area contributed by atoms with Crippen LogP contribution in [0.4, 0.5) is 0 Å². The molecule has 0 unspecified atom stereocenters. The number of ether oxygens (including phenoxy) is 1. The molecule has 2 amide bonds. The minimum Gasteiger partial charge on any atom is -0.467 e. The Kier molecular flexibility index (Phi) is 7.06. The molecule has 1 saturated heterocycles. The summed E-state index contributed by atoms with van der Waals surface area (Å²) in [5, 5.41) is 5.57. The Balaban J connectivity index is 1.88. The Bertz CT molecular complexity index is 460. The number of hydrogen-bond donors (Lipinski definition) is 2. The van der Waals surface area contributed by atoms with Gasteiger partial charge in [0.2, 0.25) is 11.8 Å². The summed E-state index contributed by atoms with van der Waals surface area (Å²) in [6, 6.07) is -0.745. The molecule has 2 rings (SSSR count). The van der Waals surface area contributed by atoms with Crippen LogP contribution >= 0.6 is 0 Å². The predicted octanol–water partition coefficient (Wildman–Crippen LogP) is 1.78.